The second-order valence-corrected chi connectivity index (χ2v) is 7.28. The summed E-state index contributed by atoms with van der Waals surface area (Å²) in [4.78, 5) is 17.1. The van der Waals surface area contributed by atoms with E-state index < -0.39 is 0 Å². The Kier molecular flexibility index (Phi) is 6.30. The number of halogens is 1. The van der Waals surface area contributed by atoms with Crippen LogP contribution in [0.15, 0.2) is 78.9 Å². The largest absolute Gasteiger partial charge is 0.492 e. The summed E-state index contributed by atoms with van der Waals surface area (Å²) < 4.78 is 8.02. The number of ether oxygens (including phenoxy) is 1. The fourth-order valence-electron chi connectivity index (χ4n) is 3.36. The van der Waals surface area contributed by atoms with Crippen molar-refractivity contribution < 1.29 is 9.53 Å². The van der Waals surface area contributed by atoms with Gasteiger partial charge >= 0.3 is 0 Å². The molecule has 0 atom stereocenters. The Labute approximate surface area is 180 Å². The van der Waals surface area contributed by atoms with Crippen LogP contribution in [0.2, 0.25) is 5.02 Å². The Hall–Kier alpha value is -3.31. The number of imidazole rings is 1. The lowest BCUT2D eigenvalue weighted by Crippen LogP contribution is -2.26. The highest BCUT2D eigenvalue weighted by atomic mass is 35.5. The Morgan fingerprint density at radius 2 is 1.80 bits per heavy atom. The summed E-state index contributed by atoms with van der Waals surface area (Å²) in [5, 5.41) is 3.49. The fourth-order valence-corrected chi connectivity index (χ4v) is 3.55. The number of amides is 1. The molecule has 152 valence electrons. The van der Waals surface area contributed by atoms with Gasteiger partial charge in [-0.1, -0.05) is 48.0 Å². The van der Waals surface area contributed by atoms with Crippen LogP contribution in [-0.4, -0.2) is 28.6 Å². The molecule has 30 heavy (non-hydrogen) atoms. The Bertz CT molecular complexity index is 1140. The fraction of sp³-hybridized carbons (Fsp3) is 0.167. The molecule has 6 heteroatoms. The second kappa shape index (κ2) is 9.46. The van der Waals surface area contributed by atoms with Crippen LogP contribution in [-0.2, 0) is 13.0 Å². The standard InChI is InChI=1S/C24H22ClN3O2/c25-19-8-6-7-18(17-19)24(29)26-14-13-23-27-21-11-4-5-12-22(21)28(23)15-16-30-20-9-2-1-3-10-20/h1-12,17H,13-16H2,(H,26,29). The van der Waals surface area contributed by atoms with Crippen LogP contribution < -0.4 is 10.1 Å². The molecule has 0 saturated carbocycles. The van der Waals surface area contributed by atoms with Crippen molar-refractivity contribution in [1.29, 1.82) is 0 Å². The molecule has 0 saturated heterocycles. The number of aromatic nitrogens is 2. The minimum absolute atomic E-state index is 0.146. The van der Waals surface area contributed by atoms with E-state index in [0.29, 0.717) is 36.7 Å². The zero-order chi connectivity index (χ0) is 20.8. The van der Waals surface area contributed by atoms with Gasteiger partial charge in [-0.25, -0.2) is 4.98 Å². The van der Waals surface area contributed by atoms with Crippen LogP contribution in [0.25, 0.3) is 11.0 Å². The van der Waals surface area contributed by atoms with Crippen molar-refractivity contribution in [3.8, 4) is 5.75 Å². The second-order valence-electron chi connectivity index (χ2n) is 6.85. The Morgan fingerprint density at radius 3 is 2.63 bits per heavy atom. The van der Waals surface area contributed by atoms with Gasteiger partial charge < -0.3 is 14.6 Å². The minimum atomic E-state index is -0.146. The molecule has 0 aliphatic rings. The average molecular weight is 420 g/mol. The first-order valence-electron chi connectivity index (χ1n) is 9.86. The number of carbonyl (C=O) groups excluding carboxylic acids is 1. The first-order chi connectivity index (χ1) is 14.7. The van der Waals surface area contributed by atoms with Crippen molar-refractivity contribution in [3.63, 3.8) is 0 Å². The number of benzene rings is 3. The van der Waals surface area contributed by atoms with Crippen LogP contribution >= 0.6 is 11.6 Å². The van der Waals surface area contributed by atoms with Gasteiger partial charge in [0.25, 0.3) is 5.91 Å². The van der Waals surface area contributed by atoms with Gasteiger partial charge in [-0.3, -0.25) is 4.79 Å². The molecule has 0 radical (unpaired) electrons. The number of nitrogens with zero attached hydrogens (tertiary/aromatic N) is 2. The van der Waals surface area contributed by atoms with Crippen LogP contribution in [0.4, 0.5) is 0 Å². The summed E-state index contributed by atoms with van der Waals surface area (Å²) in [6.45, 7) is 1.69. The highest BCUT2D eigenvalue weighted by Crippen LogP contribution is 2.17. The number of para-hydroxylation sites is 3. The highest BCUT2D eigenvalue weighted by Gasteiger charge is 2.12. The normalized spacial score (nSPS) is 10.8. The predicted molar refractivity (Wildman–Crippen MR) is 119 cm³/mol. The number of hydrogen-bond acceptors (Lipinski definition) is 3. The van der Waals surface area contributed by atoms with Gasteiger partial charge in [0.2, 0.25) is 0 Å². The monoisotopic (exact) mass is 419 g/mol. The minimum Gasteiger partial charge on any atom is -0.492 e. The molecule has 4 rings (SSSR count). The molecule has 0 fully saturated rings. The number of hydrogen-bond donors (Lipinski definition) is 1. The van der Waals surface area contributed by atoms with Crippen molar-refractivity contribution in [2.24, 2.45) is 0 Å². The molecule has 1 aromatic heterocycles. The molecule has 0 aliphatic heterocycles. The summed E-state index contributed by atoms with van der Waals surface area (Å²) in [6, 6.07) is 24.7. The summed E-state index contributed by atoms with van der Waals surface area (Å²) >= 11 is 5.97. The molecule has 1 amide bonds. The molecule has 0 aliphatic carbocycles. The Balaban J connectivity index is 1.42. The third kappa shape index (κ3) is 4.81. The SMILES string of the molecule is O=C(NCCc1nc2ccccc2n1CCOc1ccccc1)c1cccc(Cl)c1. The lowest BCUT2D eigenvalue weighted by molar-refractivity contribution is 0.0954. The molecule has 4 aromatic rings. The smallest absolute Gasteiger partial charge is 0.251 e. The van der Waals surface area contributed by atoms with E-state index in [9.17, 15) is 4.79 Å². The zero-order valence-corrected chi connectivity index (χ0v) is 17.2. The van der Waals surface area contributed by atoms with Crippen LogP contribution in [0, 0.1) is 0 Å². The lowest BCUT2D eigenvalue weighted by Gasteiger charge is -2.11. The first-order valence-corrected chi connectivity index (χ1v) is 10.2. The van der Waals surface area contributed by atoms with E-state index in [-0.39, 0.29) is 5.91 Å². The van der Waals surface area contributed by atoms with Gasteiger partial charge in [-0.05, 0) is 42.5 Å². The predicted octanol–water partition coefficient (Wildman–Crippen LogP) is 4.74. The summed E-state index contributed by atoms with van der Waals surface area (Å²) in [5.41, 5.74) is 2.55. The van der Waals surface area contributed by atoms with Crippen molar-refractivity contribution in [2.75, 3.05) is 13.2 Å². The summed E-state index contributed by atoms with van der Waals surface area (Å²) in [7, 11) is 0. The van der Waals surface area contributed by atoms with E-state index in [1.165, 1.54) is 0 Å². The van der Waals surface area contributed by atoms with Gasteiger partial charge in [0.1, 0.15) is 18.2 Å². The van der Waals surface area contributed by atoms with E-state index in [1.54, 1.807) is 24.3 Å². The summed E-state index contributed by atoms with van der Waals surface area (Å²) in [6.07, 6.45) is 0.617. The molecule has 0 spiro atoms. The average Bonchev–Trinajstić information content (AvgIpc) is 3.12. The van der Waals surface area contributed by atoms with Crippen molar-refractivity contribution >= 4 is 28.5 Å². The lowest BCUT2D eigenvalue weighted by atomic mass is 10.2. The summed E-state index contributed by atoms with van der Waals surface area (Å²) in [5.74, 6) is 1.61. The number of rotatable bonds is 8. The van der Waals surface area contributed by atoms with Gasteiger partial charge in [0, 0.05) is 23.6 Å². The molecular formula is C24H22ClN3O2. The van der Waals surface area contributed by atoms with Crippen LogP contribution in [0.3, 0.4) is 0 Å². The zero-order valence-electron chi connectivity index (χ0n) is 16.4. The van der Waals surface area contributed by atoms with Crippen molar-refractivity contribution in [1.82, 2.24) is 14.9 Å². The number of carbonyl (C=O) groups is 1. The number of fused-ring (bicyclic) bond motifs is 1. The maximum Gasteiger partial charge on any atom is 0.251 e. The van der Waals surface area contributed by atoms with Gasteiger partial charge in [0.05, 0.1) is 17.6 Å². The molecule has 3 aromatic carbocycles. The first kappa shape index (κ1) is 20.0. The maximum absolute atomic E-state index is 12.4. The molecule has 0 bridgehead atoms. The Morgan fingerprint density at radius 1 is 1.00 bits per heavy atom. The van der Waals surface area contributed by atoms with Crippen LogP contribution in [0.5, 0.6) is 5.75 Å². The molecular weight excluding hydrogens is 398 g/mol. The third-order valence-electron chi connectivity index (χ3n) is 4.78. The van der Waals surface area contributed by atoms with Crippen molar-refractivity contribution in [3.05, 3.63) is 95.3 Å². The van der Waals surface area contributed by atoms with E-state index in [1.807, 2.05) is 48.5 Å². The quantitative estimate of drug-likeness (QED) is 0.448. The van der Waals surface area contributed by atoms with Crippen LogP contribution in [0.1, 0.15) is 16.2 Å². The molecule has 1 N–H and O–H groups in total. The van der Waals surface area contributed by atoms with E-state index in [4.69, 9.17) is 21.3 Å². The topological polar surface area (TPSA) is 56.2 Å². The molecule has 5 nitrogen and oxygen atoms in total. The van der Waals surface area contributed by atoms with Gasteiger partial charge in [0.15, 0.2) is 0 Å². The molecule has 0 unspecified atom stereocenters. The van der Waals surface area contributed by atoms with Gasteiger partial charge in [-0.2, -0.15) is 0 Å². The van der Waals surface area contributed by atoms with Gasteiger partial charge in [-0.15, -0.1) is 0 Å². The van der Waals surface area contributed by atoms with E-state index in [0.717, 1.165) is 22.6 Å². The molecule has 1 heterocycles. The highest BCUT2D eigenvalue weighted by molar-refractivity contribution is 6.30. The van der Waals surface area contributed by atoms with E-state index in [2.05, 4.69) is 16.0 Å². The maximum atomic E-state index is 12.4. The van der Waals surface area contributed by atoms with Crippen molar-refractivity contribution in [2.45, 2.75) is 13.0 Å². The number of nitrogens with one attached hydrogen (secondary N) is 1. The third-order valence-corrected chi connectivity index (χ3v) is 5.02. The van der Waals surface area contributed by atoms with E-state index >= 15 is 0 Å².